The van der Waals surface area contributed by atoms with E-state index in [1.165, 1.54) is 0 Å². The quantitative estimate of drug-likeness (QED) is 0.881. The SMILES string of the molecule is CCN(C)C(C(=O)Nc1ccc2c(c1)CCC(=O)N2)c1ccccc1. The van der Waals surface area contributed by atoms with Gasteiger partial charge < -0.3 is 10.6 Å². The van der Waals surface area contributed by atoms with Gasteiger partial charge in [0.2, 0.25) is 11.8 Å². The number of hydrogen-bond donors (Lipinski definition) is 2. The minimum absolute atomic E-state index is 0.0398. The summed E-state index contributed by atoms with van der Waals surface area (Å²) in [5, 5.41) is 5.88. The van der Waals surface area contributed by atoms with E-state index in [4.69, 9.17) is 0 Å². The van der Waals surface area contributed by atoms with Gasteiger partial charge in [-0.2, -0.15) is 0 Å². The van der Waals surface area contributed by atoms with Crippen LogP contribution in [0.1, 0.15) is 30.5 Å². The molecule has 0 radical (unpaired) electrons. The van der Waals surface area contributed by atoms with Crippen molar-refractivity contribution in [3.63, 3.8) is 0 Å². The molecule has 2 aromatic carbocycles. The summed E-state index contributed by atoms with van der Waals surface area (Å²) in [6.07, 6.45) is 1.18. The van der Waals surface area contributed by atoms with Crippen LogP contribution in [0.25, 0.3) is 0 Å². The predicted molar refractivity (Wildman–Crippen MR) is 99.5 cm³/mol. The Bertz CT molecular complexity index is 774. The van der Waals surface area contributed by atoms with E-state index in [2.05, 4.69) is 10.6 Å². The summed E-state index contributed by atoms with van der Waals surface area (Å²) in [6, 6.07) is 15.1. The molecular weight excluding hydrogens is 314 g/mol. The lowest BCUT2D eigenvalue weighted by molar-refractivity contribution is -0.121. The molecule has 5 heteroatoms. The van der Waals surface area contributed by atoms with Gasteiger partial charge in [0.25, 0.3) is 0 Å². The van der Waals surface area contributed by atoms with Gasteiger partial charge in [-0.15, -0.1) is 0 Å². The Morgan fingerprint density at radius 1 is 1.20 bits per heavy atom. The van der Waals surface area contributed by atoms with Gasteiger partial charge in [-0.25, -0.2) is 0 Å². The zero-order valence-corrected chi connectivity index (χ0v) is 14.6. The van der Waals surface area contributed by atoms with Crippen LogP contribution in [-0.2, 0) is 16.0 Å². The molecule has 5 nitrogen and oxygen atoms in total. The first kappa shape index (κ1) is 17.2. The maximum absolute atomic E-state index is 12.9. The van der Waals surface area contributed by atoms with Crippen LogP contribution in [0.15, 0.2) is 48.5 Å². The number of aryl methyl sites for hydroxylation is 1. The average Bonchev–Trinajstić information content (AvgIpc) is 2.62. The second-order valence-corrected chi connectivity index (χ2v) is 6.30. The van der Waals surface area contributed by atoms with Crippen molar-refractivity contribution >= 4 is 23.2 Å². The van der Waals surface area contributed by atoms with Gasteiger partial charge in [-0.1, -0.05) is 37.3 Å². The molecule has 3 rings (SSSR count). The Kier molecular flexibility index (Phi) is 5.14. The molecule has 1 aliphatic rings. The number of carbonyl (C=O) groups is 2. The van der Waals surface area contributed by atoms with Crippen LogP contribution in [0, 0.1) is 0 Å². The van der Waals surface area contributed by atoms with Gasteiger partial charge in [0.1, 0.15) is 6.04 Å². The van der Waals surface area contributed by atoms with Crippen molar-refractivity contribution in [3.05, 3.63) is 59.7 Å². The van der Waals surface area contributed by atoms with Crippen molar-refractivity contribution < 1.29 is 9.59 Å². The Morgan fingerprint density at radius 2 is 1.96 bits per heavy atom. The van der Waals surface area contributed by atoms with Crippen molar-refractivity contribution in [1.29, 1.82) is 0 Å². The third-order valence-corrected chi connectivity index (χ3v) is 4.57. The van der Waals surface area contributed by atoms with E-state index in [-0.39, 0.29) is 17.9 Å². The van der Waals surface area contributed by atoms with Gasteiger partial charge in [0, 0.05) is 17.8 Å². The lowest BCUT2D eigenvalue weighted by Gasteiger charge is -2.26. The van der Waals surface area contributed by atoms with Crippen molar-refractivity contribution in [1.82, 2.24) is 4.90 Å². The Labute approximate surface area is 148 Å². The highest BCUT2D eigenvalue weighted by molar-refractivity contribution is 5.97. The van der Waals surface area contributed by atoms with Crippen LogP contribution >= 0.6 is 0 Å². The Balaban J connectivity index is 1.81. The maximum atomic E-state index is 12.9. The van der Waals surface area contributed by atoms with Crippen molar-refractivity contribution in [2.24, 2.45) is 0 Å². The Hall–Kier alpha value is -2.66. The minimum atomic E-state index is -0.345. The van der Waals surface area contributed by atoms with E-state index in [0.717, 1.165) is 29.0 Å². The molecule has 130 valence electrons. The number of carbonyl (C=O) groups excluding carboxylic acids is 2. The number of hydrogen-bond acceptors (Lipinski definition) is 3. The van der Waals surface area contributed by atoms with Crippen molar-refractivity contribution in [2.75, 3.05) is 24.2 Å². The van der Waals surface area contributed by atoms with Gasteiger partial charge in [0.15, 0.2) is 0 Å². The number of rotatable bonds is 5. The third-order valence-electron chi connectivity index (χ3n) is 4.57. The first-order valence-electron chi connectivity index (χ1n) is 8.57. The number of nitrogens with one attached hydrogen (secondary N) is 2. The average molecular weight is 337 g/mol. The van der Waals surface area contributed by atoms with Crippen LogP contribution in [0.3, 0.4) is 0 Å². The topological polar surface area (TPSA) is 61.4 Å². The molecule has 0 saturated carbocycles. The van der Waals surface area contributed by atoms with E-state index in [9.17, 15) is 9.59 Å². The second kappa shape index (κ2) is 7.49. The summed E-state index contributed by atoms with van der Waals surface area (Å²) in [6.45, 7) is 2.80. The van der Waals surface area contributed by atoms with Crippen molar-refractivity contribution in [2.45, 2.75) is 25.8 Å². The van der Waals surface area contributed by atoms with Crippen molar-refractivity contribution in [3.8, 4) is 0 Å². The molecule has 1 atom stereocenters. The highest BCUT2D eigenvalue weighted by atomic mass is 16.2. The summed E-state index contributed by atoms with van der Waals surface area (Å²) in [4.78, 5) is 26.4. The molecule has 2 amide bonds. The van der Waals surface area contributed by atoms with Crippen LogP contribution in [0.2, 0.25) is 0 Å². The number of nitrogens with zero attached hydrogens (tertiary/aromatic N) is 1. The highest BCUT2D eigenvalue weighted by Crippen LogP contribution is 2.27. The predicted octanol–water partition coefficient (Wildman–Crippen LogP) is 3.20. The van der Waals surface area contributed by atoms with Crippen LogP contribution in [-0.4, -0.2) is 30.3 Å². The molecule has 2 N–H and O–H groups in total. The number of benzene rings is 2. The first-order chi connectivity index (χ1) is 12.1. The summed E-state index contributed by atoms with van der Waals surface area (Å²) < 4.78 is 0. The number of likely N-dealkylation sites (N-methyl/N-ethyl adjacent to an activating group) is 1. The van der Waals surface area contributed by atoms with Crippen LogP contribution in [0.4, 0.5) is 11.4 Å². The lowest BCUT2D eigenvalue weighted by Crippen LogP contribution is -2.34. The minimum Gasteiger partial charge on any atom is -0.326 e. The van der Waals surface area contributed by atoms with Crippen LogP contribution < -0.4 is 10.6 Å². The number of anilines is 2. The molecule has 0 saturated heterocycles. The summed E-state index contributed by atoms with van der Waals surface area (Å²) >= 11 is 0. The molecule has 1 unspecified atom stereocenters. The molecule has 25 heavy (non-hydrogen) atoms. The zero-order valence-electron chi connectivity index (χ0n) is 14.6. The molecule has 0 aromatic heterocycles. The summed E-state index contributed by atoms with van der Waals surface area (Å²) in [5.41, 5.74) is 3.61. The monoisotopic (exact) mass is 337 g/mol. The van der Waals surface area contributed by atoms with Crippen LogP contribution in [0.5, 0.6) is 0 Å². The molecule has 0 bridgehead atoms. The van der Waals surface area contributed by atoms with Gasteiger partial charge in [0.05, 0.1) is 0 Å². The van der Waals surface area contributed by atoms with Gasteiger partial charge >= 0.3 is 0 Å². The fourth-order valence-corrected chi connectivity index (χ4v) is 3.10. The molecule has 0 aliphatic carbocycles. The molecular formula is C20H23N3O2. The normalized spacial score (nSPS) is 14.6. The van der Waals surface area contributed by atoms with E-state index in [1.807, 2.05) is 67.4 Å². The standard InChI is InChI=1S/C20H23N3O2/c1-3-23(2)19(14-7-5-4-6-8-14)20(25)21-16-10-11-17-15(13-16)9-12-18(24)22-17/h4-8,10-11,13,19H,3,9,12H2,1-2H3,(H,21,25)(H,22,24). The largest absolute Gasteiger partial charge is 0.326 e. The van der Waals surface area contributed by atoms with E-state index >= 15 is 0 Å². The summed E-state index contributed by atoms with van der Waals surface area (Å²) in [7, 11) is 1.94. The molecule has 1 heterocycles. The summed E-state index contributed by atoms with van der Waals surface area (Å²) in [5.74, 6) is -0.0201. The first-order valence-corrected chi connectivity index (χ1v) is 8.57. The highest BCUT2D eigenvalue weighted by Gasteiger charge is 2.24. The van der Waals surface area contributed by atoms with Gasteiger partial charge in [-0.05, 0) is 49.3 Å². The molecule has 0 fully saturated rings. The van der Waals surface area contributed by atoms with Gasteiger partial charge in [-0.3, -0.25) is 14.5 Å². The Morgan fingerprint density at radius 3 is 2.68 bits per heavy atom. The fraction of sp³-hybridized carbons (Fsp3) is 0.300. The maximum Gasteiger partial charge on any atom is 0.246 e. The smallest absolute Gasteiger partial charge is 0.246 e. The van der Waals surface area contributed by atoms with E-state index in [0.29, 0.717) is 12.8 Å². The zero-order chi connectivity index (χ0) is 17.8. The number of amides is 2. The lowest BCUT2D eigenvalue weighted by atomic mass is 10.0. The molecule has 0 spiro atoms. The third kappa shape index (κ3) is 3.88. The molecule has 2 aromatic rings. The fourth-order valence-electron chi connectivity index (χ4n) is 3.10. The van der Waals surface area contributed by atoms with E-state index in [1.54, 1.807) is 0 Å². The second-order valence-electron chi connectivity index (χ2n) is 6.30. The number of fused-ring (bicyclic) bond motifs is 1. The molecule has 1 aliphatic heterocycles. The van der Waals surface area contributed by atoms with E-state index < -0.39 is 0 Å².